The number of hydrogen-bond acceptors (Lipinski definition) is 3. The maximum atomic E-state index is 13.4. The smallest absolute Gasteiger partial charge is 0.251 e. The van der Waals surface area contributed by atoms with Crippen LogP contribution in [0.1, 0.15) is 50.8 Å². The van der Waals surface area contributed by atoms with Gasteiger partial charge in [-0.05, 0) is 43.0 Å². The Morgan fingerprint density at radius 2 is 1.84 bits per heavy atom. The van der Waals surface area contributed by atoms with Crippen molar-refractivity contribution in [3.05, 3.63) is 63.8 Å². The van der Waals surface area contributed by atoms with Crippen LogP contribution < -0.4 is 10.3 Å². The minimum absolute atomic E-state index is 0.0336. The lowest BCUT2D eigenvalue weighted by Gasteiger charge is -2.14. The largest absolute Gasteiger partial charge is 0.491 e. The van der Waals surface area contributed by atoms with Gasteiger partial charge < -0.3 is 14.0 Å². The number of nitrogens with zero attached hydrogens (tertiary/aromatic N) is 1. The molecular weight excluding hydrogens is 321 g/mol. The van der Waals surface area contributed by atoms with Gasteiger partial charge in [0.1, 0.15) is 18.2 Å². The van der Waals surface area contributed by atoms with Crippen molar-refractivity contribution in [3.8, 4) is 5.75 Å². The summed E-state index contributed by atoms with van der Waals surface area (Å²) in [6, 6.07) is 8.20. The van der Waals surface area contributed by atoms with Gasteiger partial charge in [0.2, 0.25) is 0 Å². The van der Waals surface area contributed by atoms with Gasteiger partial charge in [0.25, 0.3) is 5.56 Å². The second-order valence-electron chi connectivity index (χ2n) is 6.61. The van der Waals surface area contributed by atoms with E-state index in [-0.39, 0.29) is 23.3 Å². The molecule has 0 saturated heterocycles. The standard InChI is InChI=1S/C20H26FNO3/c1-14(2)18-6-5-17(21)12-19(18)25-10-9-24-13-16-7-8-22(15(3)4)20(23)11-16/h5-8,11-12,14-15H,9-10,13H2,1-4H3. The normalized spacial score (nSPS) is 11.3. The first-order valence-corrected chi connectivity index (χ1v) is 8.59. The highest BCUT2D eigenvalue weighted by atomic mass is 19.1. The second-order valence-corrected chi connectivity index (χ2v) is 6.61. The van der Waals surface area contributed by atoms with E-state index in [4.69, 9.17) is 9.47 Å². The minimum Gasteiger partial charge on any atom is -0.491 e. The molecule has 0 N–H and O–H groups in total. The summed E-state index contributed by atoms with van der Waals surface area (Å²) in [7, 11) is 0. The predicted octanol–water partition coefficient (Wildman–Crippen LogP) is 4.29. The number of hydrogen-bond donors (Lipinski definition) is 0. The summed E-state index contributed by atoms with van der Waals surface area (Å²) < 4.78 is 26.3. The molecule has 1 heterocycles. The Labute approximate surface area is 148 Å². The average molecular weight is 347 g/mol. The summed E-state index contributed by atoms with van der Waals surface area (Å²) in [6.45, 7) is 9.04. The number of aromatic nitrogens is 1. The molecule has 2 aromatic rings. The molecule has 0 aliphatic carbocycles. The number of halogens is 1. The van der Waals surface area contributed by atoms with E-state index in [1.54, 1.807) is 22.9 Å². The van der Waals surface area contributed by atoms with Crippen molar-refractivity contribution in [2.24, 2.45) is 0 Å². The van der Waals surface area contributed by atoms with Gasteiger partial charge in [-0.3, -0.25) is 4.79 Å². The molecule has 0 bridgehead atoms. The molecule has 0 spiro atoms. The van der Waals surface area contributed by atoms with Crippen molar-refractivity contribution >= 4 is 0 Å². The van der Waals surface area contributed by atoms with Crippen molar-refractivity contribution in [2.45, 2.75) is 46.3 Å². The van der Waals surface area contributed by atoms with E-state index in [0.29, 0.717) is 25.6 Å². The zero-order valence-corrected chi connectivity index (χ0v) is 15.3. The van der Waals surface area contributed by atoms with Crippen LogP contribution in [0, 0.1) is 5.82 Å². The highest BCUT2D eigenvalue weighted by Gasteiger charge is 2.09. The average Bonchev–Trinajstić information content (AvgIpc) is 2.54. The van der Waals surface area contributed by atoms with Crippen molar-refractivity contribution in [2.75, 3.05) is 13.2 Å². The van der Waals surface area contributed by atoms with Crippen LogP contribution in [0.3, 0.4) is 0 Å². The van der Waals surface area contributed by atoms with Crippen LogP contribution in [0.4, 0.5) is 4.39 Å². The highest BCUT2D eigenvalue weighted by molar-refractivity contribution is 5.36. The van der Waals surface area contributed by atoms with Gasteiger partial charge in [-0.1, -0.05) is 19.9 Å². The molecule has 2 rings (SSSR count). The molecule has 136 valence electrons. The molecule has 25 heavy (non-hydrogen) atoms. The van der Waals surface area contributed by atoms with Gasteiger partial charge in [0.15, 0.2) is 0 Å². The molecule has 5 heteroatoms. The van der Waals surface area contributed by atoms with Gasteiger partial charge in [-0.25, -0.2) is 4.39 Å². The lowest BCUT2D eigenvalue weighted by Crippen LogP contribution is -2.21. The molecule has 0 aliphatic rings. The zero-order chi connectivity index (χ0) is 18.4. The van der Waals surface area contributed by atoms with Crippen LogP contribution >= 0.6 is 0 Å². The van der Waals surface area contributed by atoms with Crippen LogP contribution in [0.5, 0.6) is 5.75 Å². The van der Waals surface area contributed by atoms with Crippen molar-refractivity contribution in [1.82, 2.24) is 4.57 Å². The molecule has 0 amide bonds. The summed E-state index contributed by atoms with van der Waals surface area (Å²) in [5.74, 6) is 0.494. The van der Waals surface area contributed by atoms with Crippen molar-refractivity contribution < 1.29 is 13.9 Å². The first-order chi connectivity index (χ1) is 11.9. The first-order valence-electron chi connectivity index (χ1n) is 8.59. The van der Waals surface area contributed by atoms with E-state index >= 15 is 0 Å². The molecule has 0 saturated carbocycles. The third-order valence-corrected chi connectivity index (χ3v) is 3.92. The molecule has 0 unspecified atom stereocenters. The fraction of sp³-hybridized carbons (Fsp3) is 0.450. The Morgan fingerprint density at radius 1 is 1.08 bits per heavy atom. The molecule has 1 aromatic heterocycles. The number of pyridine rings is 1. The van der Waals surface area contributed by atoms with Gasteiger partial charge in [-0.2, -0.15) is 0 Å². The molecule has 0 radical (unpaired) electrons. The van der Waals surface area contributed by atoms with Gasteiger partial charge in [0.05, 0.1) is 13.2 Å². The van der Waals surface area contributed by atoms with Crippen LogP contribution in [0.2, 0.25) is 0 Å². The van der Waals surface area contributed by atoms with E-state index in [9.17, 15) is 9.18 Å². The monoisotopic (exact) mass is 347 g/mol. The predicted molar refractivity (Wildman–Crippen MR) is 96.7 cm³/mol. The van der Waals surface area contributed by atoms with E-state index < -0.39 is 0 Å². The topological polar surface area (TPSA) is 40.5 Å². The van der Waals surface area contributed by atoms with Crippen LogP contribution in [0.15, 0.2) is 41.3 Å². The van der Waals surface area contributed by atoms with Gasteiger partial charge in [0, 0.05) is 24.4 Å². The molecule has 1 aromatic carbocycles. The van der Waals surface area contributed by atoms with Gasteiger partial charge in [-0.15, -0.1) is 0 Å². The van der Waals surface area contributed by atoms with Crippen LogP contribution in [-0.4, -0.2) is 17.8 Å². The second kappa shape index (κ2) is 8.81. The highest BCUT2D eigenvalue weighted by Crippen LogP contribution is 2.27. The Bertz CT molecular complexity index is 753. The lowest BCUT2D eigenvalue weighted by atomic mass is 10.0. The summed E-state index contributed by atoms with van der Waals surface area (Å²) in [4.78, 5) is 11.9. The maximum absolute atomic E-state index is 13.4. The zero-order valence-electron chi connectivity index (χ0n) is 15.3. The number of rotatable bonds is 8. The first kappa shape index (κ1) is 19.2. The number of benzene rings is 1. The molecule has 0 fully saturated rings. The summed E-state index contributed by atoms with van der Waals surface area (Å²) >= 11 is 0. The maximum Gasteiger partial charge on any atom is 0.251 e. The van der Waals surface area contributed by atoms with Gasteiger partial charge >= 0.3 is 0 Å². The molecule has 4 nitrogen and oxygen atoms in total. The number of ether oxygens (including phenoxy) is 2. The Balaban J connectivity index is 1.84. The SMILES string of the molecule is CC(C)c1ccc(F)cc1OCCOCc1ccn(C(C)C)c(=O)c1. The van der Waals surface area contributed by atoms with Crippen LogP contribution in [0.25, 0.3) is 0 Å². The summed E-state index contributed by atoms with van der Waals surface area (Å²) in [5, 5.41) is 0. The fourth-order valence-electron chi connectivity index (χ4n) is 2.56. The van der Waals surface area contributed by atoms with E-state index in [2.05, 4.69) is 0 Å². The lowest BCUT2D eigenvalue weighted by molar-refractivity contribution is 0.0883. The quantitative estimate of drug-likeness (QED) is 0.669. The summed E-state index contributed by atoms with van der Waals surface area (Å²) in [6.07, 6.45) is 1.78. The molecule has 0 atom stereocenters. The van der Waals surface area contributed by atoms with E-state index in [1.807, 2.05) is 33.8 Å². The van der Waals surface area contributed by atoms with Crippen molar-refractivity contribution in [3.63, 3.8) is 0 Å². The fourth-order valence-corrected chi connectivity index (χ4v) is 2.56. The third-order valence-electron chi connectivity index (χ3n) is 3.92. The van der Waals surface area contributed by atoms with Crippen molar-refractivity contribution in [1.29, 1.82) is 0 Å². The Kier molecular flexibility index (Phi) is 6.76. The van der Waals surface area contributed by atoms with Crippen LogP contribution in [-0.2, 0) is 11.3 Å². The van der Waals surface area contributed by atoms with E-state index in [1.165, 1.54) is 12.1 Å². The minimum atomic E-state index is -0.314. The molecular formula is C20H26FNO3. The summed E-state index contributed by atoms with van der Waals surface area (Å²) in [5.41, 5.74) is 1.77. The van der Waals surface area contributed by atoms with E-state index in [0.717, 1.165) is 11.1 Å². The molecule has 0 aliphatic heterocycles. The Morgan fingerprint density at radius 3 is 2.48 bits per heavy atom. The third kappa shape index (κ3) is 5.43. The Hall–Kier alpha value is -2.14.